The molecule has 0 unspecified atom stereocenters. The Bertz CT molecular complexity index is 840. The Morgan fingerprint density at radius 1 is 1.30 bits per heavy atom. The molecule has 0 saturated heterocycles. The third kappa shape index (κ3) is 3.28. The number of pyridine rings is 2. The summed E-state index contributed by atoms with van der Waals surface area (Å²) in [5, 5.41) is 10.4. The molecular formula is C16H18N6O. The van der Waals surface area contributed by atoms with Gasteiger partial charge in [-0.25, -0.2) is 0 Å². The minimum atomic E-state index is -0.288. The number of anilines is 2. The summed E-state index contributed by atoms with van der Waals surface area (Å²) >= 11 is 0. The van der Waals surface area contributed by atoms with Crippen LogP contribution in [0.15, 0.2) is 36.7 Å². The van der Waals surface area contributed by atoms with Crippen LogP contribution in [0.5, 0.6) is 0 Å². The highest BCUT2D eigenvalue weighted by Crippen LogP contribution is 2.17. The number of aryl methyl sites for hydroxylation is 1. The summed E-state index contributed by atoms with van der Waals surface area (Å²) in [5.74, 6) is 0.810. The second kappa shape index (κ2) is 6.04. The van der Waals surface area contributed by atoms with Crippen LogP contribution < -0.4 is 10.6 Å². The van der Waals surface area contributed by atoms with Gasteiger partial charge in [-0.15, -0.1) is 5.10 Å². The van der Waals surface area contributed by atoms with Gasteiger partial charge in [-0.05, 0) is 50.6 Å². The summed E-state index contributed by atoms with van der Waals surface area (Å²) < 4.78 is 1.69. The van der Waals surface area contributed by atoms with E-state index < -0.39 is 0 Å². The van der Waals surface area contributed by atoms with Gasteiger partial charge in [0.05, 0.1) is 5.56 Å². The normalized spacial score (nSPS) is 11.0. The highest BCUT2D eigenvalue weighted by Gasteiger charge is 2.12. The third-order valence-electron chi connectivity index (χ3n) is 3.17. The van der Waals surface area contributed by atoms with Gasteiger partial charge >= 0.3 is 0 Å². The van der Waals surface area contributed by atoms with Crippen LogP contribution >= 0.6 is 0 Å². The molecule has 0 bridgehead atoms. The monoisotopic (exact) mass is 310 g/mol. The predicted molar refractivity (Wildman–Crippen MR) is 88.7 cm³/mol. The molecule has 3 aromatic rings. The maximum atomic E-state index is 12.2. The molecule has 0 saturated carbocycles. The maximum Gasteiger partial charge on any atom is 0.259 e. The molecule has 1 amide bonds. The number of amides is 1. The molecule has 7 heteroatoms. The van der Waals surface area contributed by atoms with Crippen molar-refractivity contribution in [1.29, 1.82) is 0 Å². The van der Waals surface area contributed by atoms with Crippen molar-refractivity contribution >= 4 is 23.3 Å². The van der Waals surface area contributed by atoms with Gasteiger partial charge in [-0.3, -0.25) is 15.1 Å². The molecule has 3 aromatic heterocycles. The highest BCUT2D eigenvalue weighted by atomic mass is 16.1. The molecule has 0 radical (unpaired) electrons. The van der Waals surface area contributed by atoms with Crippen molar-refractivity contribution in [3.8, 4) is 0 Å². The van der Waals surface area contributed by atoms with E-state index in [9.17, 15) is 4.79 Å². The fraction of sp³-hybridized carbons (Fsp3) is 0.250. The Kier molecular flexibility index (Phi) is 3.92. The first kappa shape index (κ1) is 15.0. The molecule has 0 fully saturated rings. The Hall–Kier alpha value is -2.96. The SMILES string of the molecule is Cc1cc(NC(C)C)n2nc(NC(=O)c3cccnc3)nc2c1. The molecule has 3 heterocycles. The molecule has 0 aliphatic rings. The minimum absolute atomic E-state index is 0.260. The van der Waals surface area contributed by atoms with Gasteiger partial charge in [0.1, 0.15) is 5.82 Å². The molecule has 0 aromatic carbocycles. The lowest BCUT2D eigenvalue weighted by Gasteiger charge is -2.11. The van der Waals surface area contributed by atoms with Crippen molar-refractivity contribution in [1.82, 2.24) is 19.6 Å². The van der Waals surface area contributed by atoms with Crippen molar-refractivity contribution in [2.75, 3.05) is 10.6 Å². The summed E-state index contributed by atoms with van der Waals surface area (Å²) in [6, 6.07) is 7.57. The average Bonchev–Trinajstić information content (AvgIpc) is 2.90. The van der Waals surface area contributed by atoms with E-state index in [1.165, 1.54) is 6.20 Å². The minimum Gasteiger partial charge on any atom is -0.368 e. The molecule has 0 atom stereocenters. The van der Waals surface area contributed by atoms with Gasteiger partial charge in [0.15, 0.2) is 5.65 Å². The molecule has 7 nitrogen and oxygen atoms in total. The Morgan fingerprint density at radius 3 is 2.83 bits per heavy atom. The lowest BCUT2D eigenvalue weighted by Crippen LogP contribution is -2.14. The number of carbonyl (C=O) groups is 1. The number of hydrogen-bond donors (Lipinski definition) is 2. The van der Waals surface area contributed by atoms with E-state index in [1.807, 2.05) is 19.1 Å². The largest absolute Gasteiger partial charge is 0.368 e. The van der Waals surface area contributed by atoms with Crippen molar-refractivity contribution in [3.63, 3.8) is 0 Å². The van der Waals surface area contributed by atoms with E-state index in [1.54, 1.807) is 22.8 Å². The number of carbonyl (C=O) groups excluding carboxylic acids is 1. The van der Waals surface area contributed by atoms with Crippen molar-refractivity contribution < 1.29 is 4.79 Å². The Labute approximate surface area is 133 Å². The molecule has 23 heavy (non-hydrogen) atoms. The summed E-state index contributed by atoms with van der Waals surface area (Å²) in [5.41, 5.74) is 2.20. The van der Waals surface area contributed by atoms with E-state index in [-0.39, 0.29) is 17.9 Å². The van der Waals surface area contributed by atoms with Crippen LogP contribution in [0, 0.1) is 6.92 Å². The van der Waals surface area contributed by atoms with Gasteiger partial charge in [-0.1, -0.05) is 0 Å². The lowest BCUT2D eigenvalue weighted by molar-refractivity contribution is 0.102. The van der Waals surface area contributed by atoms with Gasteiger partial charge in [0.2, 0.25) is 5.95 Å². The second-order valence-electron chi connectivity index (χ2n) is 5.62. The zero-order valence-electron chi connectivity index (χ0n) is 13.2. The first-order valence-corrected chi connectivity index (χ1v) is 7.38. The van der Waals surface area contributed by atoms with Gasteiger partial charge in [-0.2, -0.15) is 9.50 Å². The van der Waals surface area contributed by atoms with Crippen LogP contribution in [-0.4, -0.2) is 31.5 Å². The van der Waals surface area contributed by atoms with Crippen molar-refractivity contribution in [2.45, 2.75) is 26.8 Å². The van der Waals surface area contributed by atoms with Crippen LogP contribution in [-0.2, 0) is 0 Å². The molecular weight excluding hydrogens is 292 g/mol. The number of nitrogens with one attached hydrogen (secondary N) is 2. The van der Waals surface area contributed by atoms with E-state index in [4.69, 9.17) is 0 Å². The maximum absolute atomic E-state index is 12.2. The van der Waals surface area contributed by atoms with Gasteiger partial charge in [0, 0.05) is 18.4 Å². The van der Waals surface area contributed by atoms with Gasteiger partial charge < -0.3 is 5.32 Å². The zero-order valence-corrected chi connectivity index (χ0v) is 13.2. The number of hydrogen-bond acceptors (Lipinski definition) is 5. The standard InChI is InChI=1S/C16H18N6O/c1-10(2)18-13-7-11(3)8-14-19-16(21-22(13)14)20-15(23)12-5-4-6-17-9-12/h4-10,18H,1-3H3,(H,20,21,23). The summed E-state index contributed by atoms with van der Waals surface area (Å²) in [6.45, 7) is 6.10. The van der Waals surface area contributed by atoms with Crippen LogP contribution in [0.3, 0.4) is 0 Å². The molecule has 0 aliphatic heterocycles. The summed E-state index contributed by atoms with van der Waals surface area (Å²) in [6.07, 6.45) is 3.12. The first-order valence-electron chi connectivity index (χ1n) is 7.38. The molecule has 0 aliphatic carbocycles. The van der Waals surface area contributed by atoms with E-state index >= 15 is 0 Å². The molecule has 118 valence electrons. The van der Waals surface area contributed by atoms with E-state index in [0.717, 1.165) is 11.4 Å². The number of aromatic nitrogens is 4. The van der Waals surface area contributed by atoms with E-state index in [2.05, 4.69) is 39.5 Å². The zero-order chi connectivity index (χ0) is 16.4. The van der Waals surface area contributed by atoms with Gasteiger partial charge in [0.25, 0.3) is 5.91 Å². The predicted octanol–water partition coefficient (Wildman–Crippen LogP) is 2.51. The second-order valence-corrected chi connectivity index (χ2v) is 5.62. The molecule has 2 N–H and O–H groups in total. The summed E-state index contributed by atoms with van der Waals surface area (Å²) in [7, 11) is 0. The topological polar surface area (TPSA) is 84.2 Å². The first-order chi connectivity index (χ1) is 11.0. The quantitative estimate of drug-likeness (QED) is 0.773. The summed E-state index contributed by atoms with van der Waals surface area (Å²) in [4.78, 5) is 20.5. The lowest BCUT2D eigenvalue weighted by atomic mass is 10.3. The number of rotatable bonds is 4. The number of fused-ring (bicyclic) bond motifs is 1. The van der Waals surface area contributed by atoms with Crippen LogP contribution in [0.4, 0.5) is 11.8 Å². The smallest absolute Gasteiger partial charge is 0.259 e. The highest BCUT2D eigenvalue weighted by molar-refractivity contribution is 6.03. The van der Waals surface area contributed by atoms with Crippen LogP contribution in [0.2, 0.25) is 0 Å². The Balaban J connectivity index is 1.92. The number of nitrogens with zero attached hydrogens (tertiary/aromatic N) is 4. The average molecular weight is 310 g/mol. The fourth-order valence-electron chi connectivity index (χ4n) is 2.24. The molecule has 0 spiro atoms. The van der Waals surface area contributed by atoms with Crippen LogP contribution in [0.1, 0.15) is 29.8 Å². The Morgan fingerprint density at radius 2 is 2.13 bits per heavy atom. The van der Waals surface area contributed by atoms with Crippen LogP contribution in [0.25, 0.3) is 5.65 Å². The molecule has 3 rings (SSSR count). The van der Waals surface area contributed by atoms with Crippen molar-refractivity contribution in [2.24, 2.45) is 0 Å². The van der Waals surface area contributed by atoms with E-state index in [0.29, 0.717) is 11.2 Å². The third-order valence-corrected chi connectivity index (χ3v) is 3.17. The van der Waals surface area contributed by atoms with Crippen molar-refractivity contribution in [3.05, 3.63) is 47.8 Å². The fourth-order valence-corrected chi connectivity index (χ4v) is 2.24.